The molecule has 0 aromatic heterocycles. The molecule has 70 valence electrons. The summed E-state index contributed by atoms with van der Waals surface area (Å²) in [4.78, 5) is 2.05. The molecule has 0 aliphatic heterocycles. The number of thioether (sulfide) groups is 1. The lowest BCUT2D eigenvalue weighted by Crippen LogP contribution is -3.00. The van der Waals surface area contributed by atoms with Gasteiger partial charge < -0.3 is 12.4 Å². The minimum absolute atomic E-state index is 0. The first-order valence-corrected chi connectivity index (χ1v) is 3.63. The summed E-state index contributed by atoms with van der Waals surface area (Å²) >= 11 is 1.46. The number of nitrogens with zero attached hydrogens (tertiary/aromatic N) is 1. The van der Waals surface area contributed by atoms with Crippen molar-refractivity contribution in [2.24, 2.45) is 5.73 Å². The highest BCUT2D eigenvalue weighted by Gasteiger charge is 2.08. The largest absolute Gasteiger partial charge is 1.00 e. The summed E-state index contributed by atoms with van der Waals surface area (Å²) in [5.41, 5.74) is 5.26. The summed E-state index contributed by atoms with van der Waals surface area (Å²) in [7, 11) is 3.97. The third kappa shape index (κ3) is 10.4. The summed E-state index contributed by atoms with van der Waals surface area (Å²) in [5.74, 6) is 0. The smallest absolute Gasteiger partial charge is 0.301 e. The highest BCUT2D eigenvalue weighted by Crippen LogP contribution is 2.08. The van der Waals surface area contributed by atoms with Crippen molar-refractivity contribution in [1.82, 2.24) is 4.90 Å². The summed E-state index contributed by atoms with van der Waals surface area (Å²) in [6.07, 6.45) is 0. The Morgan fingerprint density at radius 1 is 1.55 bits per heavy atom. The van der Waals surface area contributed by atoms with Crippen LogP contribution in [0.1, 0.15) is 6.92 Å². The van der Waals surface area contributed by atoms with E-state index in [0.717, 1.165) is 0 Å². The van der Waals surface area contributed by atoms with Crippen LogP contribution in [0.25, 0.3) is 0 Å². The standard InChI is InChI=1S/C5H13N3S.2ClH/c1-4(8(2)3)9-5(6)7;;/h4H,1-3H3,(H3,6,7);2*1H. The van der Waals surface area contributed by atoms with Gasteiger partial charge in [-0.2, -0.15) is 0 Å². The molecule has 0 amide bonds. The van der Waals surface area contributed by atoms with Crippen LogP contribution in [0.2, 0.25) is 0 Å². The molecule has 4 N–H and O–H groups in total. The maximum Gasteiger partial charge on any atom is 0.301 e. The summed E-state index contributed by atoms with van der Waals surface area (Å²) in [6.45, 7) is 2.05. The molecule has 0 saturated carbocycles. The molecular weight excluding hydrogens is 205 g/mol. The molecule has 6 heteroatoms. The van der Waals surface area contributed by atoms with Gasteiger partial charge in [0.2, 0.25) is 0 Å². The SMILES string of the molecule is CC(SC(N)=[NH2+])N(C)C.Cl.[Cl-]. The van der Waals surface area contributed by atoms with Crippen LogP contribution in [0, 0.1) is 0 Å². The van der Waals surface area contributed by atoms with E-state index >= 15 is 0 Å². The van der Waals surface area contributed by atoms with Gasteiger partial charge in [0.05, 0.1) is 5.37 Å². The molecule has 0 aromatic carbocycles. The molecule has 0 rings (SSSR count). The molecule has 0 aliphatic rings. The van der Waals surface area contributed by atoms with Crippen molar-refractivity contribution in [2.45, 2.75) is 12.3 Å². The molecule has 0 spiro atoms. The first kappa shape index (κ1) is 17.4. The Kier molecular flexibility index (Phi) is 13.4. The fourth-order valence-electron chi connectivity index (χ4n) is 0.302. The van der Waals surface area contributed by atoms with Gasteiger partial charge in [-0.3, -0.25) is 16.0 Å². The number of hydrogen-bond donors (Lipinski definition) is 2. The first-order chi connectivity index (χ1) is 4.04. The molecular formula is C5H15Cl2N3S. The van der Waals surface area contributed by atoms with E-state index in [1.165, 1.54) is 11.8 Å². The lowest BCUT2D eigenvalue weighted by Gasteiger charge is -2.15. The normalized spacial score (nSPS) is 11.3. The van der Waals surface area contributed by atoms with Crippen LogP contribution in [0.4, 0.5) is 0 Å². The van der Waals surface area contributed by atoms with Gasteiger partial charge in [-0.1, -0.05) is 0 Å². The van der Waals surface area contributed by atoms with Crippen LogP contribution in [0.5, 0.6) is 0 Å². The third-order valence-electron chi connectivity index (χ3n) is 1.03. The zero-order valence-corrected chi connectivity index (χ0v) is 9.26. The number of hydrogen-bond acceptors (Lipinski definition) is 2. The Bertz CT molecular complexity index is 110. The zero-order valence-electron chi connectivity index (χ0n) is 6.87. The van der Waals surface area contributed by atoms with Gasteiger partial charge in [-0.15, -0.1) is 12.4 Å². The van der Waals surface area contributed by atoms with E-state index in [1.807, 2.05) is 25.9 Å². The molecule has 0 radical (unpaired) electrons. The predicted octanol–water partition coefficient (Wildman–Crippen LogP) is -3.87. The van der Waals surface area contributed by atoms with Crippen LogP contribution in [-0.4, -0.2) is 29.5 Å². The van der Waals surface area contributed by atoms with Gasteiger partial charge in [0.1, 0.15) is 0 Å². The second-order valence-electron chi connectivity index (χ2n) is 2.08. The second-order valence-corrected chi connectivity index (χ2v) is 3.47. The van der Waals surface area contributed by atoms with Crippen LogP contribution < -0.4 is 23.5 Å². The van der Waals surface area contributed by atoms with Crippen molar-refractivity contribution in [3.63, 3.8) is 0 Å². The number of rotatable bonds is 2. The van der Waals surface area contributed by atoms with E-state index < -0.39 is 0 Å². The summed E-state index contributed by atoms with van der Waals surface area (Å²) < 4.78 is 0. The minimum Gasteiger partial charge on any atom is -1.00 e. The molecule has 0 aliphatic carbocycles. The fraction of sp³-hybridized carbons (Fsp3) is 0.800. The Morgan fingerprint density at radius 2 is 1.91 bits per heavy atom. The van der Waals surface area contributed by atoms with Crippen LogP contribution in [0.15, 0.2) is 0 Å². The molecule has 1 unspecified atom stereocenters. The van der Waals surface area contributed by atoms with Crippen molar-refractivity contribution < 1.29 is 17.8 Å². The van der Waals surface area contributed by atoms with Gasteiger partial charge in [-0.25, -0.2) is 0 Å². The maximum atomic E-state index is 5.26. The van der Waals surface area contributed by atoms with E-state index in [0.29, 0.717) is 10.5 Å². The Labute approximate surface area is 84.4 Å². The van der Waals surface area contributed by atoms with Crippen molar-refractivity contribution in [3.8, 4) is 0 Å². The van der Waals surface area contributed by atoms with E-state index in [2.05, 4.69) is 0 Å². The summed E-state index contributed by atoms with van der Waals surface area (Å²) in [6, 6.07) is 0. The monoisotopic (exact) mass is 219 g/mol. The highest BCUT2D eigenvalue weighted by atomic mass is 35.5. The number of halogens is 2. The van der Waals surface area contributed by atoms with Gasteiger partial charge in [0, 0.05) is 0 Å². The molecule has 0 saturated heterocycles. The second kappa shape index (κ2) is 8.46. The van der Waals surface area contributed by atoms with Crippen LogP contribution in [0.3, 0.4) is 0 Å². The topological polar surface area (TPSA) is 54.9 Å². The Balaban J connectivity index is -0.000000320. The molecule has 3 nitrogen and oxygen atoms in total. The Hall–Kier alpha value is 0.360. The van der Waals surface area contributed by atoms with E-state index in [9.17, 15) is 0 Å². The number of amidine groups is 1. The molecule has 0 fully saturated rings. The van der Waals surface area contributed by atoms with Gasteiger partial charge in [0.15, 0.2) is 0 Å². The zero-order chi connectivity index (χ0) is 7.44. The quantitative estimate of drug-likeness (QED) is 0.284. The number of nitrogens with two attached hydrogens (primary N) is 2. The lowest BCUT2D eigenvalue weighted by molar-refractivity contribution is -0.110. The van der Waals surface area contributed by atoms with Crippen molar-refractivity contribution in [1.29, 1.82) is 0 Å². The fourth-order valence-corrected chi connectivity index (χ4v) is 0.907. The molecule has 0 bridgehead atoms. The molecule has 0 heterocycles. The van der Waals surface area contributed by atoms with Crippen LogP contribution in [-0.2, 0) is 0 Å². The van der Waals surface area contributed by atoms with Crippen molar-refractivity contribution in [3.05, 3.63) is 0 Å². The molecule has 11 heavy (non-hydrogen) atoms. The van der Waals surface area contributed by atoms with Crippen LogP contribution >= 0.6 is 24.2 Å². The average molecular weight is 220 g/mol. The molecule has 1 atom stereocenters. The molecule has 0 aromatic rings. The minimum atomic E-state index is 0. The van der Waals surface area contributed by atoms with Crippen molar-refractivity contribution in [2.75, 3.05) is 14.1 Å². The van der Waals surface area contributed by atoms with E-state index in [1.54, 1.807) is 0 Å². The summed E-state index contributed by atoms with van der Waals surface area (Å²) in [5, 5.41) is 6.05. The van der Waals surface area contributed by atoms with Gasteiger partial charge in [0.25, 0.3) is 0 Å². The average Bonchev–Trinajstić information content (AvgIpc) is 1.63. The predicted molar refractivity (Wildman–Crippen MR) is 49.1 cm³/mol. The van der Waals surface area contributed by atoms with E-state index in [4.69, 9.17) is 11.1 Å². The van der Waals surface area contributed by atoms with Gasteiger partial charge >= 0.3 is 5.17 Å². The van der Waals surface area contributed by atoms with Crippen molar-refractivity contribution >= 4 is 29.3 Å². The Morgan fingerprint density at radius 3 is 2.00 bits per heavy atom. The maximum absolute atomic E-state index is 5.26. The van der Waals surface area contributed by atoms with Gasteiger partial charge in [-0.05, 0) is 32.8 Å². The van der Waals surface area contributed by atoms with E-state index in [-0.39, 0.29) is 24.8 Å². The lowest BCUT2D eigenvalue weighted by atomic mass is 10.7. The third-order valence-corrected chi connectivity index (χ3v) is 2.07. The first-order valence-electron chi connectivity index (χ1n) is 2.75. The highest BCUT2D eigenvalue weighted by molar-refractivity contribution is 8.13.